The summed E-state index contributed by atoms with van der Waals surface area (Å²) in [5.41, 5.74) is -0.694. The number of carbonyl (C=O) groups excluding carboxylic acids is 1. The first-order valence-corrected chi connectivity index (χ1v) is 7.24. The summed E-state index contributed by atoms with van der Waals surface area (Å²) >= 11 is 0. The van der Waals surface area contributed by atoms with Gasteiger partial charge in [-0.2, -0.15) is 0 Å². The molecule has 1 heterocycles. The second-order valence-corrected chi connectivity index (χ2v) is 5.79. The topological polar surface area (TPSA) is 56.2 Å². The van der Waals surface area contributed by atoms with Crippen molar-refractivity contribution < 1.29 is 9.53 Å². The van der Waals surface area contributed by atoms with Crippen LogP contribution in [-0.4, -0.2) is 33.7 Å². The van der Waals surface area contributed by atoms with E-state index in [1.165, 1.54) is 0 Å². The Hall–Kier alpha value is -1.36. The van der Waals surface area contributed by atoms with Crippen molar-refractivity contribution in [3.8, 4) is 0 Å². The molecule has 1 N–H and O–H groups in total. The molecule has 0 saturated carbocycles. The monoisotopic (exact) mass is 281 g/mol. The number of aromatic nitrogens is 2. The van der Waals surface area contributed by atoms with E-state index in [1.54, 1.807) is 6.20 Å². The summed E-state index contributed by atoms with van der Waals surface area (Å²) in [6.07, 6.45) is 4.38. The average molecular weight is 281 g/mol. The van der Waals surface area contributed by atoms with Gasteiger partial charge < -0.3 is 9.30 Å². The van der Waals surface area contributed by atoms with Crippen LogP contribution in [-0.2, 0) is 9.53 Å². The van der Waals surface area contributed by atoms with Gasteiger partial charge in [-0.15, -0.1) is 0 Å². The molecular weight excluding hydrogens is 254 g/mol. The summed E-state index contributed by atoms with van der Waals surface area (Å²) in [5, 5.41) is 3.34. The van der Waals surface area contributed by atoms with Crippen molar-refractivity contribution in [3.05, 3.63) is 18.2 Å². The molecule has 0 radical (unpaired) electrons. The van der Waals surface area contributed by atoms with E-state index in [9.17, 15) is 4.79 Å². The van der Waals surface area contributed by atoms with Crippen molar-refractivity contribution >= 4 is 5.97 Å². The van der Waals surface area contributed by atoms with Crippen molar-refractivity contribution in [2.45, 2.75) is 65.6 Å². The Morgan fingerprint density at radius 1 is 1.50 bits per heavy atom. The number of ether oxygens (including phenoxy) is 1. The first-order valence-electron chi connectivity index (χ1n) is 7.24. The molecule has 2 unspecified atom stereocenters. The number of nitrogens with one attached hydrogen (secondary N) is 1. The van der Waals surface area contributed by atoms with E-state index in [2.05, 4.69) is 21.8 Å². The molecule has 0 spiro atoms. The van der Waals surface area contributed by atoms with Gasteiger partial charge in [0.1, 0.15) is 11.4 Å². The summed E-state index contributed by atoms with van der Waals surface area (Å²) in [6, 6.07) is 0.374. The molecule has 0 aliphatic heterocycles. The van der Waals surface area contributed by atoms with Crippen LogP contribution in [0, 0.1) is 6.92 Å². The van der Waals surface area contributed by atoms with Gasteiger partial charge in [-0.25, -0.2) is 4.98 Å². The number of carbonyl (C=O) groups is 1. The van der Waals surface area contributed by atoms with Crippen molar-refractivity contribution in [2.24, 2.45) is 0 Å². The smallest absolute Gasteiger partial charge is 0.326 e. The third-order valence-electron chi connectivity index (χ3n) is 3.37. The molecule has 0 fully saturated rings. The highest BCUT2D eigenvalue weighted by molar-refractivity contribution is 5.80. The van der Waals surface area contributed by atoms with E-state index >= 15 is 0 Å². The van der Waals surface area contributed by atoms with Crippen LogP contribution in [0.5, 0.6) is 0 Å². The average Bonchev–Trinajstić information content (AvgIpc) is 2.74. The second kappa shape index (κ2) is 6.88. The van der Waals surface area contributed by atoms with Crippen LogP contribution in [0.3, 0.4) is 0 Å². The second-order valence-electron chi connectivity index (χ2n) is 5.79. The van der Waals surface area contributed by atoms with Crippen LogP contribution in [0.4, 0.5) is 0 Å². The Morgan fingerprint density at radius 3 is 2.60 bits per heavy atom. The van der Waals surface area contributed by atoms with Crippen molar-refractivity contribution in [2.75, 3.05) is 6.61 Å². The van der Waals surface area contributed by atoms with Crippen LogP contribution in [0.1, 0.15) is 52.9 Å². The van der Waals surface area contributed by atoms with Crippen LogP contribution < -0.4 is 5.32 Å². The van der Waals surface area contributed by atoms with Gasteiger partial charge in [-0.1, -0.05) is 0 Å². The lowest BCUT2D eigenvalue weighted by molar-refractivity contribution is -0.151. The third-order valence-corrected chi connectivity index (χ3v) is 3.37. The maximum atomic E-state index is 12.3. The van der Waals surface area contributed by atoms with E-state index in [0.29, 0.717) is 13.0 Å². The highest BCUT2D eigenvalue weighted by Gasteiger charge is 2.37. The summed E-state index contributed by atoms with van der Waals surface area (Å²) in [7, 11) is 0. The van der Waals surface area contributed by atoms with E-state index < -0.39 is 5.54 Å². The number of hydrogen-bond acceptors (Lipinski definition) is 4. The molecule has 20 heavy (non-hydrogen) atoms. The van der Waals surface area contributed by atoms with Gasteiger partial charge in [0.2, 0.25) is 0 Å². The molecule has 0 saturated heterocycles. The van der Waals surface area contributed by atoms with Gasteiger partial charge in [-0.05, 0) is 48.0 Å². The van der Waals surface area contributed by atoms with E-state index in [0.717, 1.165) is 5.82 Å². The molecule has 1 rings (SSSR count). The Balaban J connectivity index is 2.89. The lowest BCUT2D eigenvalue weighted by Crippen LogP contribution is -2.54. The van der Waals surface area contributed by atoms with Gasteiger partial charge in [-0.3, -0.25) is 10.1 Å². The number of nitrogens with zero attached hydrogens (tertiary/aromatic N) is 2. The normalized spacial score (nSPS) is 15.9. The van der Waals surface area contributed by atoms with Crippen LogP contribution in [0.15, 0.2) is 12.4 Å². The Kier molecular flexibility index (Phi) is 5.74. The van der Waals surface area contributed by atoms with E-state index in [4.69, 9.17) is 4.74 Å². The highest BCUT2D eigenvalue weighted by atomic mass is 16.5. The summed E-state index contributed by atoms with van der Waals surface area (Å²) in [5.74, 6) is 0.756. The fourth-order valence-electron chi connectivity index (χ4n) is 2.67. The lowest BCUT2D eigenvalue weighted by Gasteiger charge is -2.33. The minimum absolute atomic E-state index is 0.165. The van der Waals surface area contributed by atoms with E-state index in [-0.39, 0.29) is 18.1 Å². The number of hydrogen-bond donors (Lipinski definition) is 1. The van der Waals surface area contributed by atoms with Crippen LogP contribution in [0.25, 0.3) is 0 Å². The zero-order chi connectivity index (χ0) is 15.3. The van der Waals surface area contributed by atoms with Crippen molar-refractivity contribution in [1.82, 2.24) is 14.9 Å². The van der Waals surface area contributed by atoms with Gasteiger partial charge in [0.05, 0.1) is 6.61 Å². The number of aryl methyl sites for hydroxylation is 1. The number of esters is 1. The molecular formula is C15H27N3O2. The molecule has 114 valence electrons. The molecule has 0 aliphatic carbocycles. The quantitative estimate of drug-likeness (QED) is 0.780. The first kappa shape index (κ1) is 16.7. The molecule has 0 aromatic carbocycles. The Bertz CT molecular complexity index is 442. The Labute approximate surface area is 121 Å². The molecule has 0 aliphatic rings. The maximum Gasteiger partial charge on any atom is 0.326 e. The number of imidazole rings is 1. The first-order chi connectivity index (χ1) is 9.30. The van der Waals surface area contributed by atoms with Gasteiger partial charge in [0.25, 0.3) is 0 Å². The fourth-order valence-corrected chi connectivity index (χ4v) is 2.67. The van der Waals surface area contributed by atoms with Gasteiger partial charge in [0, 0.05) is 24.5 Å². The minimum Gasteiger partial charge on any atom is -0.465 e. The summed E-state index contributed by atoms with van der Waals surface area (Å²) in [6.45, 7) is 12.3. The van der Waals surface area contributed by atoms with Crippen LogP contribution >= 0.6 is 0 Å². The van der Waals surface area contributed by atoms with Crippen molar-refractivity contribution in [1.29, 1.82) is 0 Å². The van der Waals surface area contributed by atoms with E-state index in [1.807, 2.05) is 40.8 Å². The van der Waals surface area contributed by atoms with Crippen LogP contribution in [0.2, 0.25) is 0 Å². The standard InChI is InChI=1S/C15H27N3O2/c1-7-20-14(19)15(6,17-11(2)3)10-12(4)18-9-8-16-13(18)5/h8-9,11-12,17H,7,10H2,1-6H3. The third kappa shape index (κ3) is 4.07. The SMILES string of the molecule is CCOC(=O)C(C)(CC(C)n1ccnc1C)NC(C)C. The highest BCUT2D eigenvalue weighted by Crippen LogP contribution is 2.24. The summed E-state index contributed by atoms with van der Waals surface area (Å²) < 4.78 is 7.31. The van der Waals surface area contributed by atoms with Crippen molar-refractivity contribution in [3.63, 3.8) is 0 Å². The van der Waals surface area contributed by atoms with Gasteiger partial charge in [0.15, 0.2) is 0 Å². The minimum atomic E-state index is -0.694. The molecule has 5 heteroatoms. The molecule has 2 atom stereocenters. The van der Waals surface area contributed by atoms with Gasteiger partial charge >= 0.3 is 5.97 Å². The molecule has 5 nitrogen and oxygen atoms in total. The number of rotatable bonds is 7. The molecule has 0 amide bonds. The Morgan fingerprint density at radius 2 is 2.15 bits per heavy atom. The summed E-state index contributed by atoms with van der Waals surface area (Å²) in [4.78, 5) is 16.5. The predicted molar refractivity (Wildman–Crippen MR) is 79.6 cm³/mol. The lowest BCUT2D eigenvalue weighted by atomic mass is 9.92. The largest absolute Gasteiger partial charge is 0.465 e. The molecule has 1 aromatic rings. The molecule has 0 bridgehead atoms. The zero-order valence-corrected chi connectivity index (χ0v) is 13.4. The maximum absolute atomic E-state index is 12.3. The molecule has 1 aromatic heterocycles. The predicted octanol–water partition coefficient (Wildman–Crippen LogP) is 2.46. The zero-order valence-electron chi connectivity index (χ0n) is 13.4. The fraction of sp³-hybridized carbons (Fsp3) is 0.733.